The number of aryl methyl sites for hydroxylation is 2. The van der Waals surface area contributed by atoms with Crippen LogP contribution in [0.1, 0.15) is 16.8 Å². The van der Waals surface area contributed by atoms with Crippen LogP contribution in [-0.2, 0) is 6.42 Å². The highest BCUT2D eigenvalue weighted by atomic mass is 16.6. The van der Waals surface area contributed by atoms with Gasteiger partial charge in [-0.05, 0) is 44.5 Å². The van der Waals surface area contributed by atoms with Gasteiger partial charge in [0.25, 0.3) is 0 Å². The Balaban J connectivity index is 2.10. The van der Waals surface area contributed by atoms with Crippen molar-refractivity contribution in [1.29, 1.82) is 0 Å². The van der Waals surface area contributed by atoms with Gasteiger partial charge in [-0.15, -0.1) is 0 Å². The lowest BCUT2D eigenvalue weighted by Crippen LogP contribution is -2.15. The molecule has 1 aliphatic rings. The summed E-state index contributed by atoms with van der Waals surface area (Å²) >= 11 is 0. The second-order valence-electron chi connectivity index (χ2n) is 5.03. The minimum atomic E-state index is 0.588. The number of rotatable bonds is 3. The Kier molecular flexibility index (Phi) is 3.36. The summed E-state index contributed by atoms with van der Waals surface area (Å²) in [7, 11) is 0. The molecule has 3 N–H and O–H groups in total. The lowest BCUT2D eigenvalue weighted by Gasteiger charge is -2.20. The number of nitrogens with one attached hydrogen (secondary N) is 1. The highest BCUT2D eigenvalue weighted by molar-refractivity contribution is 5.71. The molecule has 3 rings (SSSR count). The van der Waals surface area contributed by atoms with E-state index >= 15 is 0 Å². The highest BCUT2D eigenvalue weighted by Gasteiger charge is 2.19. The molecule has 0 atom stereocenters. The molecule has 0 aliphatic carbocycles. The Bertz CT molecular complexity index is 634. The van der Waals surface area contributed by atoms with E-state index in [-0.39, 0.29) is 0 Å². The number of fused-ring (bicyclic) bond motifs is 1. The van der Waals surface area contributed by atoms with Gasteiger partial charge >= 0.3 is 0 Å². The maximum absolute atomic E-state index is 5.70. The van der Waals surface area contributed by atoms with Crippen molar-refractivity contribution in [3.8, 4) is 22.8 Å². The standard InChI is InChI=1S/C15H19N3O2/c1-9-7-13-14(20-6-5-19-13)8-12(9)15-11(3-4-16)10(2)17-18-15/h7-8H,3-6,16H2,1-2H3,(H,17,18). The quantitative estimate of drug-likeness (QED) is 0.896. The minimum Gasteiger partial charge on any atom is -0.486 e. The van der Waals surface area contributed by atoms with Gasteiger partial charge < -0.3 is 15.2 Å². The van der Waals surface area contributed by atoms with E-state index in [0.29, 0.717) is 19.8 Å². The van der Waals surface area contributed by atoms with Gasteiger partial charge in [0.15, 0.2) is 11.5 Å². The van der Waals surface area contributed by atoms with E-state index in [1.54, 1.807) is 0 Å². The molecule has 0 bridgehead atoms. The predicted octanol–water partition coefficient (Wildman–Crippen LogP) is 1.97. The molecule has 0 radical (unpaired) electrons. The fraction of sp³-hybridized carbons (Fsp3) is 0.400. The van der Waals surface area contributed by atoms with E-state index < -0.39 is 0 Å². The van der Waals surface area contributed by atoms with Crippen LogP contribution in [-0.4, -0.2) is 30.0 Å². The van der Waals surface area contributed by atoms with Crippen LogP contribution in [0.15, 0.2) is 12.1 Å². The van der Waals surface area contributed by atoms with Crippen molar-refractivity contribution in [3.05, 3.63) is 29.0 Å². The summed E-state index contributed by atoms with van der Waals surface area (Å²) in [6, 6.07) is 4.03. The van der Waals surface area contributed by atoms with Crippen molar-refractivity contribution >= 4 is 0 Å². The van der Waals surface area contributed by atoms with Crippen LogP contribution < -0.4 is 15.2 Å². The molecule has 5 heteroatoms. The topological polar surface area (TPSA) is 73.2 Å². The average molecular weight is 273 g/mol. The first kappa shape index (κ1) is 13.0. The number of aromatic nitrogens is 2. The number of H-pyrrole nitrogens is 1. The Morgan fingerprint density at radius 2 is 1.90 bits per heavy atom. The molecule has 1 aromatic carbocycles. The summed E-state index contributed by atoms with van der Waals surface area (Å²) in [5.74, 6) is 1.60. The molecule has 0 saturated heterocycles. The van der Waals surface area contributed by atoms with Crippen LogP contribution in [0, 0.1) is 13.8 Å². The highest BCUT2D eigenvalue weighted by Crippen LogP contribution is 2.38. The third-order valence-corrected chi connectivity index (χ3v) is 3.61. The average Bonchev–Trinajstić information content (AvgIpc) is 2.80. The van der Waals surface area contributed by atoms with E-state index in [1.165, 1.54) is 5.56 Å². The number of benzene rings is 1. The fourth-order valence-corrected chi connectivity index (χ4v) is 2.57. The van der Waals surface area contributed by atoms with E-state index in [2.05, 4.69) is 17.1 Å². The van der Waals surface area contributed by atoms with Crippen molar-refractivity contribution in [1.82, 2.24) is 10.2 Å². The number of ether oxygens (including phenoxy) is 2. The zero-order valence-corrected chi connectivity index (χ0v) is 11.8. The third kappa shape index (κ3) is 2.14. The second kappa shape index (κ2) is 5.17. The number of aromatic amines is 1. The molecule has 0 saturated carbocycles. The maximum Gasteiger partial charge on any atom is 0.162 e. The van der Waals surface area contributed by atoms with Gasteiger partial charge in [0.2, 0.25) is 0 Å². The normalized spacial score (nSPS) is 13.6. The summed E-state index contributed by atoms with van der Waals surface area (Å²) in [5, 5.41) is 7.49. The van der Waals surface area contributed by atoms with Gasteiger partial charge in [0.05, 0.1) is 5.69 Å². The van der Waals surface area contributed by atoms with Gasteiger partial charge in [-0.3, -0.25) is 5.10 Å². The zero-order valence-electron chi connectivity index (χ0n) is 11.8. The number of hydrogen-bond donors (Lipinski definition) is 2. The van der Waals surface area contributed by atoms with Crippen LogP contribution >= 0.6 is 0 Å². The predicted molar refractivity (Wildman–Crippen MR) is 77.2 cm³/mol. The smallest absolute Gasteiger partial charge is 0.162 e. The van der Waals surface area contributed by atoms with E-state index in [1.807, 2.05) is 19.1 Å². The van der Waals surface area contributed by atoms with Gasteiger partial charge in [-0.25, -0.2) is 0 Å². The van der Waals surface area contributed by atoms with Crippen LogP contribution in [0.3, 0.4) is 0 Å². The molecule has 1 aliphatic heterocycles. The Labute approximate surface area is 118 Å². The molecule has 0 spiro atoms. The van der Waals surface area contributed by atoms with Crippen molar-refractivity contribution < 1.29 is 9.47 Å². The van der Waals surface area contributed by atoms with Crippen molar-refractivity contribution in [3.63, 3.8) is 0 Å². The Morgan fingerprint density at radius 1 is 1.20 bits per heavy atom. The SMILES string of the molecule is Cc1cc2c(cc1-c1n[nH]c(C)c1CCN)OCCO2. The molecule has 2 aromatic rings. The van der Waals surface area contributed by atoms with Gasteiger partial charge in [-0.2, -0.15) is 5.10 Å². The van der Waals surface area contributed by atoms with Crippen LogP contribution in [0.25, 0.3) is 11.3 Å². The second-order valence-corrected chi connectivity index (χ2v) is 5.03. The zero-order chi connectivity index (χ0) is 14.1. The summed E-state index contributed by atoms with van der Waals surface area (Å²) in [6.45, 7) is 5.88. The monoisotopic (exact) mass is 273 g/mol. The first-order valence-corrected chi connectivity index (χ1v) is 6.85. The molecular formula is C15H19N3O2. The largest absolute Gasteiger partial charge is 0.486 e. The van der Waals surface area contributed by atoms with Crippen LogP contribution in [0.4, 0.5) is 0 Å². The molecule has 20 heavy (non-hydrogen) atoms. The molecule has 0 amide bonds. The molecule has 5 nitrogen and oxygen atoms in total. The van der Waals surface area contributed by atoms with Crippen molar-refractivity contribution in [2.45, 2.75) is 20.3 Å². The van der Waals surface area contributed by atoms with Gasteiger partial charge in [-0.1, -0.05) is 0 Å². The van der Waals surface area contributed by atoms with Gasteiger partial charge in [0.1, 0.15) is 13.2 Å². The molecule has 0 fully saturated rings. The van der Waals surface area contributed by atoms with E-state index in [0.717, 1.165) is 40.4 Å². The molecule has 0 unspecified atom stereocenters. The number of nitrogens with two attached hydrogens (primary N) is 1. The first-order chi connectivity index (χ1) is 9.70. The van der Waals surface area contributed by atoms with Crippen molar-refractivity contribution in [2.75, 3.05) is 19.8 Å². The number of nitrogens with zero attached hydrogens (tertiary/aromatic N) is 1. The third-order valence-electron chi connectivity index (χ3n) is 3.61. The molecule has 1 aromatic heterocycles. The minimum absolute atomic E-state index is 0.588. The van der Waals surface area contributed by atoms with Gasteiger partial charge in [0, 0.05) is 16.8 Å². The van der Waals surface area contributed by atoms with E-state index in [9.17, 15) is 0 Å². The maximum atomic E-state index is 5.70. The van der Waals surface area contributed by atoms with Crippen LogP contribution in [0.2, 0.25) is 0 Å². The number of hydrogen-bond acceptors (Lipinski definition) is 4. The van der Waals surface area contributed by atoms with Crippen molar-refractivity contribution in [2.24, 2.45) is 5.73 Å². The lowest BCUT2D eigenvalue weighted by molar-refractivity contribution is 0.171. The molecule has 2 heterocycles. The fourth-order valence-electron chi connectivity index (χ4n) is 2.57. The Morgan fingerprint density at radius 3 is 2.60 bits per heavy atom. The summed E-state index contributed by atoms with van der Waals surface area (Å²) in [5.41, 5.74) is 11.1. The summed E-state index contributed by atoms with van der Waals surface area (Å²) in [6.07, 6.45) is 0.811. The summed E-state index contributed by atoms with van der Waals surface area (Å²) in [4.78, 5) is 0. The van der Waals surface area contributed by atoms with Crippen LogP contribution in [0.5, 0.6) is 11.5 Å². The summed E-state index contributed by atoms with van der Waals surface area (Å²) < 4.78 is 11.3. The molecule has 106 valence electrons. The lowest BCUT2D eigenvalue weighted by atomic mass is 9.99. The Hall–Kier alpha value is -2.01. The molecular weight excluding hydrogens is 254 g/mol. The van der Waals surface area contributed by atoms with E-state index in [4.69, 9.17) is 15.2 Å². The first-order valence-electron chi connectivity index (χ1n) is 6.85.